The van der Waals surface area contributed by atoms with Crippen LogP contribution in [0.5, 0.6) is 5.75 Å². The first-order chi connectivity index (χ1) is 12.7. The second-order valence-electron chi connectivity index (χ2n) is 6.19. The standard InChI is InChI=1S/C21H23N3OS/c1-15-6-3-7-16(14-15)8-4-13-23-21(26)24-18-10-11-19(25-2)20-17(18)9-5-12-22-20/h3,5-7,9-12,14H,4,8,13H2,1-2H3,(H2,23,24,26). The fraction of sp³-hybridized carbons (Fsp3) is 0.238. The summed E-state index contributed by atoms with van der Waals surface area (Å²) in [6.45, 7) is 2.95. The zero-order valence-corrected chi connectivity index (χ0v) is 15.9. The molecule has 0 spiro atoms. The van der Waals surface area contributed by atoms with Gasteiger partial charge in [0.2, 0.25) is 0 Å². The van der Waals surface area contributed by atoms with Crippen molar-refractivity contribution in [1.29, 1.82) is 0 Å². The van der Waals surface area contributed by atoms with E-state index in [4.69, 9.17) is 17.0 Å². The van der Waals surface area contributed by atoms with E-state index in [2.05, 4.69) is 46.8 Å². The van der Waals surface area contributed by atoms with Gasteiger partial charge >= 0.3 is 0 Å². The number of ether oxygens (including phenoxy) is 1. The number of anilines is 1. The Morgan fingerprint density at radius 2 is 2.04 bits per heavy atom. The van der Waals surface area contributed by atoms with Gasteiger partial charge in [-0.1, -0.05) is 29.8 Å². The van der Waals surface area contributed by atoms with Crippen LogP contribution >= 0.6 is 12.2 Å². The predicted octanol–water partition coefficient (Wildman–Crippen LogP) is 4.47. The maximum Gasteiger partial charge on any atom is 0.170 e. The molecule has 2 N–H and O–H groups in total. The maximum atomic E-state index is 5.44. The van der Waals surface area contributed by atoms with Crippen LogP contribution in [0.2, 0.25) is 0 Å². The summed E-state index contributed by atoms with van der Waals surface area (Å²) >= 11 is 5.44. The Balaban J connectivity index is 1.56. The van der Waals surface area contributed by atoms with Gasteiger partial charge in [-0.15, -0.1) is 0 Å². The molecule has 0 saturated carbocycles. The summed E-state index contributed by atoms with van der Waals surface area (Å²) < 4.78 is 5.38. The molecule has 0 saturated heterocycles. The molecule has 0 atom stereocenters. The van der Waals surface area contributed by atoms with Crippen LogP contribution in [0.15, 0.2) is 54.7 Å². The molecule has 0 radical (unpaired) electrons. The third-order valence-electron chi connectivity index (χ3n) is 4.21. The first-order valence-electron chi connectivity index (χ1n) is 8.69. The van der Waals surface area contributed by atoms with Crippen LogP contribution in [0, 0.1) is 6.92 Å². The van der Waals surface area contributed by atoms with E-state index >= 15 is 0 Å². The van der Waals surface area contributed by atoms with Crippen molar-refractivity contribution in [3.63, 3.8) is 0 Å². The van der Waals surface area contributed by atoms with Crippen LogP contribution in [0.4, 0.5) is 5.69 Å². The average Bonchev–Trinajstić information content (AvgIpc) is 2.66. The lowest BCUT2D eigenvalue weighted by Crippen LogP contribution is -2.29. The largest absolute Gasteiger partial charge is 0.494 e. The second kappa shape index (κ2) is 8.63. The topological polar surface area (TPSA) is 46.2 Å². The summed E-state index contributed by atoms with van der Waals surface area (Å²) in [4.78, 5) is 4.41. The molecule has 4 nitrogen and oxygen atoms in total. The van der Waals surface area contributed by atoms with Crippen LogP contribution in [0.3, 0.4) is 0 Å². The van der Waals surface area contributed by atoms with Crippen LogP contribution in [0.1, 0.15) is 17.5 Å². The number of methoxy groups -OCH3 is 1. The molecule has 3 rings (SSSR count). The van der Waals surface area contributed by atoms with E-state index in [-0.39, 0.29) is 0 Å². The normalized spacial score (nSPS) is 10.5. The quantitative estimate of drug-likeness (QED) is 0.498. The van der Waals surface area contributed by atoms with Gasteiger partial charge in [0, 0.05) is 23.8 Å². The summed E-state index contributed by atoms with van der Waals surface area (Å²) in [5.74, 6) is 0.753. The second-order valence-corrected chi connectivity index (χ2v) is 6.60. The lowest BCUT2D eigenvalue weighted by atomic mass is 10.1. The van der Waals surface area contributed by atoms with E-state index in [9.17, 15) is 0 Å². The number of fused-ring (bicyclic) bond motifs is 1. The monoisotopic (exact) mass is 365 g/mol. The molecule has 0 fully saturated rings. The Labute approximate surface area is 159 Å². The van der Waals surface area contributed by atoms with Gasteiger partial charge in [0.25, 0.3) is 0 Å². The van der Waals surface area contributed by atoms with Gasteiger partial charge in [-0.3, -0.25) is 4.98 Å². The van der Waals surface area contributed by atoms with Crippen LogP contribution in [-0.4, -0.2) is 23.8 Å². The van der Waals surface area contributed by atoms with Crippen molar-refractivity contribution in [1.82, 2.24) is 10.3 Å². The van der Waals surface area contributed by atoms with Crippen molar-refractivity contribution < 1.29 is 4.74 Å². The van der Waals surface area contributed by atoms with Crippen molar-refractivity contribution >= 4 is 33.9 Å². The highest BCUT2D eigenvalue weighted by Gasteiger charge is 2.08. The summed E-state index contributed by atoms with van der Waals surface area (Å²) in [5, 5.41) is 8.14. The van der Waals surface area contributed by atoms with E-state index in [0.717, 1.165) is 41.7 Å². The SMILES string of the molecule is COc1ccc(NC(=S)NCCCc2cccc(C)c2)c2cccnc12. The number of hydrogen-bond acceptors (Lipinski definition) is 3. The predicted molar refractivity (Wildman–Crippen MR) is 112 cm³/mol. The Morgan fingerprint density at radius 1 is 1.15 bits per heavy atom. The molecule has 134 valence electrons. The van der Waals surface area contributed by atoms with Crippen LogP contribution in [-0.2, 0) is 6.42 Å². The number of nitrogens with one attached hydrogen (secondary N) is 2. The molecule has 0 aliphatic heterocycles. The van der Waals surface area contributed by atoms with E-state index in [1.807, 2.05) is 24.3 Å². The van der Waals surface area contributed by atoms with Crippen molar-refractivity contribution in [2.45, 2.75) is 19.8 Å². The van der Waals surface area contributed by atoms with Gasteiger partial charge in [-0.05, 0) is 61.8 Å². The number of rotatable bonds is 6. The highest BCUT2D eigenvalue weighted by molar-refractivity contribution is 7.80. The lowest BCUT2D eigenvalue weighted by molar-refractivity contribution is 0.419. The zero-order chi connectivity index (χ0) is 18.4. The van der Waals surface area contributed by atoms with Crippen molar-refractivity contribution in [2.24, 2.45) is 0 Å². The Morgan fingerprint density at radius 3 is 2.85 bits per heavy atom. The summed E-state index contributed by atoms with van der Waals surface area (Å²) in [6, 6.07) is 16.4. The third-order valence-corrected chi connectivity index (χ3v) is 4.46. The smallest absolute Gasteiger partial charge is 0.170 e. The van der Waals surface area contributed by atoms with Crippen molar-refractivity contribution in [2.75, 3.05) is 19.0 Å². The Kier molecular flexibility index (Phi) is 6.02. The first kappa shape index (κ1) is 18.1. The minimum atomic E-state index is 0.615. The summed E-state index contributed by atoms with van der Waals surface area (Å²) in [6.07, 6.45) is 3.82. The minimum Gasteiger partial charge on any atom is -0.494 e. The van der Waals surface area contributed by atoms with Gasteiger partial charge in [-0.25, -0.2) is 0 Å². The van der Waals surface area contributed by atoms with Crippen LogP contribution < -0.4 is 15.4 Å². The summed E-state index contributed by atoms with van der Waals surface area (Å²) in [7, 11) is 1.65. The zero-order valence-electron chi connectivity index (χ0n) is 15.1. The number of nitrogens with zero attached hydrogens (tertiary/aromatic N) is 1. The lowest BCUT2D eigenvalue weighted by Gasteiger charge is -2.14. The molecule has 3 aromatic rings. The Bertz CT molecular complexity index is 911. The van der Waals surface area contributed by atoms with E-state index in [0.29, 0.717) is 5.11 Å². The number of aryl methyl sites for hydroxylation is 2. The average molecular weight is 366 g/mol. The minimum absolute atomic E-state index is 0.615. The van der Waals surface area contributed by atoms with Gasteiger partial charge < -0.3 is 15.4 Å². The highest BCUT2D eigenvalue weighted by Crippen LogP contribution is 2.29. The molecule has 1 aromatic heterocycles. The van der Waals surface area contributed by atoms with Gasteiger partial charge in [-0.2, -0.15) is 0 Å². The molecule has 0 amide bonds. The maximum absolute atomic E-state index is 5.44. The molecule has 0 aliphatic carbocycles. The molecule has 0 bridgehead atoms. The molecule has 0 unspecified atom stereocenters. The molecule has 2 aromatic carbocycles. The molecule has 5 heteroatoms. The summed E-state index contributed by atoms with van der Waals surface area (Å²) in [5.41, 5.74) is 4.40. The highest BCUT2D eigenvalue weighted by atomic mass is 32.1. The van der Waals surface area contributed by atoms with E-state index < -0.39 is 0 Å². The third kappa shape index (κ3) is 4.49. The fourth-order valence-corrected chi connectivity index (χ4v) is 3.16. The molecule has 0 aliphatic rings. The van der Waals surface area contributed by atoms with Crippen LogP contribution in [0.25, 0.3) is 10.9 Å². The Hall–Kier alpha value is -2.66. The van der Waals surface area contributed by atoms with Gasteiger partial charge in [0.05, 0.1) is 7.11 Å². The number of hydrogen-bond donors (Lipinski definition) is 2. The number of benzene rings is 2. The van der Waals surface area contributed by atoms with Gasteiger partial charge in [0.15, 0.2) is 5.11 Å². The molecule has 26 heavy (non-hydrogen) atoms. The molecule has 1 heterocycles. The van der Waals surface area contributed by atoms with E-state index in [1.165, 1.54) is 11.1 Å². The van der Waals surface area contributed by atoms with Gasteiger partial charge in [0.1, 0.15) is 11.3 Å². The number of pyridine rings is 1. The first-order valence-corrected chi connectivity index (χ1v) is 9.10. The number of thiocarbonyl (C=S) groups is 1. The van der Waals surface area contributed by atoms with Crippen molar-refractivity contribution in [3.05, 3.63) is 65.9 Å². The number of aromatic nitrogens is 1. The molecular weight excluding hydrogens is 342 g/mol. The fourth-order valence-electron chi connectivity index (χ4n) is 2.95. The van der Waals surface area contributed by atoms with Crippen molar-refractivity contribution in [3.8, 4) is 5.75 Å². The molecular formula is C21H23N3OS. The van der Waals surface area contributed by atoms with E-state index in [1.54, 1.807) is 13.3 Å².